The summed E-state index contributed by atoms with van der Waals surface area (Å²) in [5.41, 5.74) is 1.92. The van der Waals surface area contributed by atoms with Gasteiger partial charge in [0.15, 0.2) is 0 Å². The first-order valence-corrected chi connectivity index (χ1v) is 5.92. The van der Waals surface area contributed by atoms with Crippen molar-refractivity contribution in [2.24, 2.45) is 0 Å². The first kappa shape index (κ1) is 11.6. The average Bonchev–Trinajstić information content (AvgIpc) is 2.63. The molecule has 1 nitrogen and oxygen atoms in total. The normalized spacial score (nSPS) is 11.8. The van der Waals surface area contributed by atoms with Crippen LogP contribution in [0.1, 0.15) is 5.56 Å². The molecule has 1 aromatic carbocycles. The maximum Gasteiger partial charge on any atom is 0.416 e. The Morgan fingerprint density at radius 3 is 2.56 bits per heavy atom. The summed E-state index contributed by atoms with van der Waals surface area (Å²) < 4.78 is 38.2. The van der Waals surface area contributed by atoms with Crippen LogP contribution in [0, 0.1) is 0 Å². The van der Waals surface area contributed by atoms with E-state index < -0.39 is 11.7 Å². The van der Waals surface area contributed by atoms with E-state index in [2.05, 4.69) is 20.9 Å². The number of hydrogen-bond donors (Lipinski definition) is 0. The lowest BCUT2D eigenvalue weighted by atomic mass is 10.1. The summed E-state index contributed by atoms with van der Waals surface area (Å²) in [5, 5.41) is 0. The fraction of sp³-hybridized carbons (Fsp3) is 0.100. The van der Waals surface area contributed by atoms with Crippen molar-refractivity contribution in [2.75, 3.05) is 0 Å². The van der Waals surface area contributed by atoms with E-state index in [1.807, 2.05) is 0 Å². The molecule has 0 aliphatic heterocycles. The summed E-state index contributed by atoms with van der Waals surface area (Å²) in [6.07, 6.45) is -4.32. The Bertz CT molecular complexity index is 507. The van der Waals surface area contributed by atoms with Gasteiger partial charge in [-0.2, -0.15) is 13.2 Å². The third-order valence-electron chi connectivity index (χ3n) is 1.99. The van der Waals surface area contributed by atoms with Crippen molar-refractivity contribution < 1.29 is 13.2 Å². The van der Waals surface area contributed by atoms with Crippen LogP contribution >= 0.6 is 27.3 Å². The molecule has 0 N–H and O–H groups in total. The van der Waals surface area contributed by atoms with Crippen molar-refractivity contribution in [3.05, 3.63) is 39.1 Å². The predicted octanol–water partition coefficient (Wildman–Crippen LogP) is 4.59. The van der Waals surface area contributed by atoms with Gasteiger partial charge in [0.25, 0.3) is 0 Å². The Labute approximate surface area is 102 Å². The first-order chi connectivity index (χ1) is 7.48. The zero-order chi connectivity index (χ0) is 11.8. The highest BCUT2D eigenvalue weighted by molar-refractivity contribution is 9.11. The Balaban J connectivity index is 2.49. The third kappa shape index (κ3) is 2.27. The van der Waals surface area contributed by atoms with Gasteiger partial charge in [0.05, 0.1) is 20.6 Å². The monoisotopic (exact) mass is 307 g/mol. The van der Waals surface area contributed by atoms with Gasteiger partial charge in [-0.3, -0.25) is 0 Å². The summed E-state index contributed by atoms with van der Waals surface area (Å²) in [7, 11) is 0. The number of hydrogen-bond acceptors (Lipinski definition) is 2. The van der Waals surface area contributed by atoms with Crippen LogP contribution in [0.25, 0.3) is 11.3 Å². The Kier molecular flexibility index (Phi) is 3.03. The minimum atomic E-state index is -4.32. The second-order valence-electron chi connectivity index (χ2n) is 3.05. The Hall–Kier alpha value is -0.880. The SMILES string of the molecule is FC(F)(F)c1cccc(-c2ncsc2Br)c1. The van der Waals surface area contributed by atoms with Crippen molar-refractivity contribution in [1.29, 1.82) is 0 Å². The second kappa shape index (κ2) is 4.18. The van der Waals surface area contributed by atoms with Crippen molar-refractivity contribution >= 4 is 27.3 Å². The van der Waals surface area contributed by atoms with Crippen LogP contribution in [0.2, 0.25) is 0 Å². The molecule has 6 heteroatoms. The van der Waals surface area contributed by atoms with Crippen molar-refractivity contribution in [2.45, 2.75) is 6.18 Å². The van der Waals surface area contributed by atoms with Gasteiger partial charge < -0.3 is 0 Å². The number of nitrogens with zero attached hydrogens (tertiary/aromatic N) is 1. The molecular formula is C10H5BrF3NS. The zero-order valence-corrected chi connectivity index (χ0v) is 10.2. The number of aromatic nitrogens is 1. The van der Waals surface area contributed by atoms with Crippen LogP contribution in [0.5, 0.6) is 0 Å². The van der Waals surface area contributed by atoms with Crippen LogP contribution in [0.4, 0.5) is 13.2 Å². The fourth-order valence-electron chi connectivity index (χ4n) is 1.26. The molecule has 0 radical (unpaired) electrons. The molecule has 0 bridgehead atoms. The predicted molar refractivity (Wildman–Crippen MR) is 60.3 cm³/mol. The van der Waals surface area contributed by atoms with Gasteiger partial charge in [-0.25, -0.2) is 4.98 Å². The number of halogens is 4. The van der Waals surface area contributed by atoms with Gasteiger partial charge in [-0.05, 0) is 28.1 Å². The van der Waals surface area contributed by atoms with Gasteiger partial charge in [0, 0.05) is 5.56 Å². The van der Waals surface area contributed by atoms with E-state index >= 15 is 0 Å². The molecule has 0 saturated heterocycles. The fourth-order valence-corrected chi connectivity index (χ4v) is 2.38. The highest BCUT2D eigenvalue weighted by atomic mass is 79.9. The summed E-state index contributed by atoms with van der Waals surface area (Å²) in [5.74, 6) is 0. The van der Waals surface area contributed by atoms with Gasteiger partial charge in [-0.15, -0.1) is 11.3 Å². The van der Waals surface area contributed by atoms with E-state index in [-0.39, 0.29) is 0 Å². The van der Waals surface area contributed by atoms with E-state index in [1.54, 1.807) is 11.6 Å². The van der Waals surface area contributed by atoms with Gasteiger partial charge in [-0.1, -0.05) is 12.1 Å². The molecule has 84 valence electrons. The quantitative estimate of drug-likeness (QED) is 0.751. The topological polar surface area (TPSA) is 12.9 Å². The largest absolute Gasteiger partial charge is 0.416 e. The molecule has 2 rings (SSSR count). The number of alkyl halides is 3. The molecule has 0 amide bonds. The molecule has 0 saturated carbocycles. The molecule has 1 aromatic heterocycles. The van der Waals surface area contributed by atoms with Crippen LogP contribution in [0.3, 0.4) is 0 Å². The molecule has 2 aromatic rings. The lowest BCUT2D eigenvalue weighted by molar-refractivity contribution is -0.137. The molecule has 0 fully saturated rings. The highest BCUT2D eigenvalue weighted by Crippen LogP contribution is 2.35. The van der Waals surface area contributed by atoms with E-state index in [0.29, 0.717) is 11.3 Å². The van der Waals surface area contributed by atoms with Gasteiger partial charge in [0.1, 0.15) is 0 Å². The second-order valence-corrected chi connectivity index (χ2v) is 5.23. The molecule has 0 aliphatic rings. The van der Waals surface area contributed by atoms with Crippen LogP contribution < -0.4 is 0 Å². The minimum Gasteiger partial charge on any atom is -0.243 e. The van der Waals surface area contributed by atoms with E-state index in [1.165, 1.54) is 17.4 Å². The lowest BCUT2D eigenvalue weighted by Crippen LogP contribution is -2.04. The number of rotatable bonds is 1. The third-order valence-corrected chi connectivity index (χ3v) is 3.53. The van der Waals surface area contributed by atoms with E-state index in [9.17, 15) is 13.2 Å². The maximum absolute atomic E-state index is 12.5. The summed E-state index contributed by atoms with van der Waals surface area (Å²) in [6.45, 7) is 0. The van der Waals surface area contributed by atoms with Crippen LogP contribution in [0.15, 0.2) is 33.6 Å². The van der Waals surface area contributed by atoms with Crippen LogP contribution in [-0.4, -0.2) is 4.98 Å². The van der Waals surface area contributed by atoms with Crippen molar-refractivity contribution in [3.8, 4) is 11.3 Å². The van der Waals surface area contributed by atoms with Crippen molar-refractivity contribution in [1.82, 2.24) is 4.98 Å². The molecule has 1 heterocycles. The highest BCUT2D eigenvalue weighted by Gasteiger charge is 2.30. The Morgan fingerprint density at radius 2 is 2.00 bits per heavy atom. The summed E-state index contributed by atoms with van der Waals surface area (Å²) in [6, 6.07) is 5.13. The lowest BCUT2D eigenvalue weighted by Gasteiger charge is -2.07. The first-order valence-electron chi connectivity index (χ1n) is 4.25. The van der Waals surface area contributed by atoms with E-state index in [4.69, 9.17) is 0 Å². The summed E-state index contributed by atoms with van der Waals surface area (Å²) >= 11 is 4.59. The minimum absolute atomic E-state index is 0.461. The summed E-state index contributed by atoms with van der Waals surface area (Å²) in [4.78, 5) is 4.01. The molecule has 16 heavy (non-hydrogen) atoms. The molecule has 0 spiro atoms. The molecule has 0 unspecified atom stereocenters. The smallest absolute Gasteiger partial charge is 0.243 e. The number of benzene rings is 1. The molecule has 0 aliphatic carbocycles. The van der Waals surface area contributed by atoms with Gasteiger partial charge >= 0.3 is 6.18 Å². The van der Waals surface area contributed by atoms with Crippen molar-refractivity contribution in [3.63, 3.8) is 0 Å². The van der Waals surface area contributed by atoms with Gasteiger partial charge in [0.2, 0.25) is 0 Å². The Morgan fingerprint density at radius 1 is 1.25 bits per heavy atom. The average molecular weight is 308 g/mol. The zero-order valence-electron chi connectivity index (χ0n) is 7.75. The standard InChI is InChI=1S/C10H5BrF3NS/c11-9-8(15-5-16-9)6-2-1-3-7(4-6)10(12,13)14/h1-5H. The maximum atomic E-state index is 12.5. The number of thiazole rings is 1. The molecular weight excluding hydrogens is 303 g/mol. The van der Waals surface area contributed by atoms with Crippen LogP contribution in [-0.2, 0) is 6.18 Å². The van der Waals surface area contributed by atoms with E-state index in [0.717, 1.165) is 15.9 Å². The molecule has 0 atom stereocenters.